The largest absolute Gasteiger partial charge is 0.474 e. The summed E-state index contributed by atoms with van der Waals surface area (Å²) in [6.45, 7) is 7.98. The van der Waals surface area contributed by atoms with Crippen LogP contribution in [0.5, 0.6) is 0 Å². The average Bonchev–Trinajstić information content (AvgIpc) is 2.70. The van der Waals surface area contributed by atoms with Crippen LogP contribution in [0.15, 0.2) is 0 Å². The monoisotopic (exact) mass is 470 g/mol. The van der Waals surface area contributed by atoms with Crippen LogP contribution in [0.25, 0.3) is 0 Å². The van der Waals surface area contributed by atoms with Crippen LogP contribution in [0, 0.1) is 5.41 Å². The molecular weight excluding hydrogens is 431 g/mol. The molecule has 0 saturated carbocycles. The van der Waals surface area contributed by atoms with Gasteiger partial charge in [-0.05, 0) is 12.8 Å². The zero-order valence-corrected chi connectivity index (χ0v) is 20.4. The lowest BCUT2D eigenvalue weighted by Crippen LogP contribution is -2.46. The Bertz CT molecular complexity index is 535. The Morgan fingerprint density at radius 2 is 1.60 bits per heavy atom. The number of phosphoric ester groups is 1. The second-order valence-corrected chi connectivity index (χ2v) is 9.72. The number of carbonyl (C=O) groups excluding carboxylic acids is 2. The molecule has 0 rings (SSSR count). The van der Waals surface area contributed by atoms with Crippen LogP contribution in [0.1, 0.15) is 59.8 Å². The smallest absolute Gasteiger partial charge is 0.383 e. The number of hydrogen-bond donors (Lipinski definition) is 4. The molecule has 11 heteroatoms. The zero-order chi connectivity index (χ0) is 23.0. The fourth-order valence-electron chi connectivity index (χ4n) is 2.11. The Hall–Kier alpha value is -0.640. The molecule has 0 unspecified atom stereocenters. The summed E-state index contributed by atoms with van der Waals surface area (Å²) < 4.78 is 29.0. The molecule has 0 bridgehead atoms. The molecular formula is C19H39N2O7PS. The topological polar surface area (TPSA) is 123 Å². The van der Waals surface area contributed by atoms with Crippen molar-refractivity contribution in [3.63, 3.8) is 0 Å². The van der Waals surface area contributed by atoms with E-state index >= 15 is 0 Å². The van der Waals surface area contributed by atoms with Crippen molar-refractivity contribution in [2.24, 2.45) is 5.41 Å². The molecule has 0 aromatic rings. The number of rotatable bonds is 18. The molecule has 0 aliphatic carbocycles. The first kappa shape index (κ1) is 29.4. The Kier molecular flexibility index (Phi) is 15.7. The molecule has 0 fully saturated rings. The average molecular weight is 471 g/mol. The van der Waals surface area contributed by atoms with E-state index in [4.69, 9.17) is 13.6 Å². The molecule has 0 radical (unpaired) electrons. The predicted molar refractivity (Wildman–Crippen MR) is 120 cm³/mol. The van der Waals surface area contributed by atoms with Gasteiger partial charge in [-0.3, -0.25) is 23.2 Å². The van der Waals surface area contributed by atoms with Crippen LogP contribution >= 0.6 is 20.5 Å². The quantitative estimate of drug-likeness (QED) is 0.138. The highest BCUT2D eigenvalue weighted by atomic mass is 32.1. The summed E-state index contributed by atoms with van der Waals surface area (Å²) in [7, 11) is -3.79. The van der Waals surface area contributed by atoms with Crippen molar-refractivity contribution in [3.05, 3.63) is 0 Å². The van der Waals surface area contributed by atoms with Gasteiger partial charge in [0.15, 0.2) is 0 Å². The zero-order valence-electron chi connectivity index (χ0n) is 18.6. The number of amides is 2. The number of hydrogen-bond acceptors (Lipinski definition) is 8. The van der Waals surface area contributed by atoms with E-state index in [-0.39, 0.29) is 38.7 Å². The molecule has 0 spiro atoms. The van der Waals surface area contributed by atoms with E-state index in [0.717, 1.165) is 12.8 Å². The summed E-state index contributed by atoms with van der Waals surface area (Å²) >= 11 is 4.00. The molecule has 0 aliphatic rings. The first-order valence-electron chi connectivity index (χ1n) is 10.5. The van der Waals surface area contributed by atoms with Crippen LogP contribution in [0.2, 0.25) is 0 Å². The van der Waals surface area contributed by atoms with Gasteiger partial charge in [-0.2, -0.15) is 12.6 Å². The van der Waals surface area contributed by atoms with Crippen molar-refractivity contribution < 1.29 is 32.8 Å². The van der Waals surface area contributed by atoms with Gasteiger partial charge < -0.3 is 15.7 Å². The molecule has 0 heterocycles. The Morgan fingerprint density at radius 1 is 1.03 bits per heavy atom. The highest BCUT2D eigenvalue weighted by Gasteiger charge is 2.37. The van der Waals surface area contributed by atoms with Crippen LogP contribution in [0.4, 0.5) is 0 Å². The summed E-state index contributed by atoms with van der Waals surface area (Å²) in [6.07, 6.45) is 1.81. The number of phosphoric acid groups is 1. The standard InChI is InChI=1S/C19H39N2O7PS/c1-5-7-12-26-29(25,27-13-8-6-2)28-15-19(3,4)17(23)18(24)21-10-9-16(22)20-11-14-30/h17,23,30H,5-15H2,1-4H3,(H,20,22)(H,21,24)/t17-/m0/s1. The predicted octanol–water partition coefficient (Wildman–Crippen LogP) is 2.68. The van der Waals surface area contributed by atoms with Gasteiger partial charge in [-0.15, -0.1) is 0 Å². The summed E-state index contributed by atoms with van der Waals surface area (Å²) in [5.41, 5.74) is -1.06. The number of aliphatic hydroxyl groups is 1. The second kappa shape index (κ2) is 16.1. The summed E-state index contributed by atoms with van der Waals surface area (Å²) in [4.78, 5) is 23.8. The van der Waals surface area contributed by atoms with E-state index in [2.05, 4.69) is 23.3 Å². The molecule has 0 saturated heterocycles. The maximum Gasteiger partial charge on any atom is 0.474 e. The summed E-state index contributed by atoms with van der Waals surface area (Å²) in [5, 5.41) is 15.6. The molecule has 0 aromatic heterocycles. The van der Waals surface area contributed by atoms with Crippen LogP contribution in [-0.2, 0) is 27.7 Å². The van der Waals surface area contributed by atoms with E-state index in [0.29, 0.717) is 25.1 Å². The summed E-state index contributed by atoms with van der Waals surface area (Å²) in [5.74, 6) is -0.325. The van der Waals surface area contributed by atoms with Crippen molar-refractivity contribution in [2.75, 3.05) is 38.7 Å². The van der Waals surface area contributed by atoms with Crippen molar-refractivity contribution in [2.45, 2.75) is 65.9 Å². The summed E-state index contributed by atoms with van der Waals surface area (Å²) in [6, 6.07) is 0. The highest BCUT2D eigenvalue weighted by molar-refractivity contribution is 7.80. The SMILES string of the molecule is CCCCOP(=O)(OCCCC)OCC(C)(C)[C@@H](O)C(=O)NCCC(=O)NCCS. The minimum Gasteiger partial charge on any atom is -0.383 e. The molecule has 1 atom stereocenters. The van der Waals surface area contributed by atoms with Gasteiger partial charge in [0.2, 0.25) is 11.8 Å². The van der Waals surface area contributed by atoms with Crippen molar-refractivity contribution in [1.29, 1.82) is 0 Å². The third-order valence-electron chi connectivity index (χ3n) is 4.16. The van der Waals surface area contributed by atoms with Crippen LogP contribution in [-0.4, -0.2) is 61.7 Å². The third kappa shape index (κ3) is 12.9. The lowest BCUT2D eigenvalue weighted by molar-refractivity contribution is -0.137. The first-order valence-corrected chi connectivity index (χ1v) is 12.6. The Balaban J connectivity index is 4.67. The molecule has 0 aromatic carbocycles. The highest BCUT2D eigenvalue weighted by Crippen LogP contribution is 2.51. The second-order valence-electron chi connectivity index (χ2n) is 7.60. The van der Waals surface area contributed by atoms with Crippen molar-refractivity contribution >= 4 is 32.3 Å². The van der Waals surface area contributed by atoms with Crippen molar-refractivity contribution in [1.82, 2.24) is 10.6 Å². The minimum absolute atomic E-state index is 0.0873. The van der Waals surface area contributed by atoms with E-state index < -0.39 is 25.2 Å². The third-order valence-corrected chi connectivity index (χ3v) is 5.83. The molecule has 0 aliphatic heterocycles. The van der Waals surface area contributed by atoms with Gasteiger partial charge in [-0.1, -0.05) is 40.5 Å². The van der Waals surface area contributed by atoms with Gasteiger partial charge in [0.05, 0.1) is 19.8 Å². The number of carbonyl (C=O) groups is 2. The maximum atomic E-state index is 12.8. The Labute approximate surface area is 186 Å². The van der Waals surface area contributed by atoms with Gasteiger partial charge in [-0.25, -0.2) is 4.57 Å². The lowest BCUT2D eigenvalue weighted by Gasteiger charge is -2.30. The molecule has 30 heavy (non-hydrogen) atoms. The van der Waals surface area contributed by atoms with Gasteiger partial charge in [0.25, 0.3) is 0 Å². The van der Waals surface area contributed by atoms with Gasteiger partial charge in [0, 0.05) is 30.7 Å². The number of aliphatic hydroxyl groups excluding tert-OH is 1. The number of nitrogens with one attached hydrogen (secondary N) is 2. The van der Waals surface area contributed by atoms with E-state index in [1.54, 1.807) is 13.8 Å². The molecule has 9 nitrogen and oxygen atoms in total. The van der Waals surface area contributed by atoms with E-state index in [9.17, 15) is 19.3 Å². The molecule has 2 amide bonds. The number of thiol groups is 1. The fraction of sp³-hybridized carbons (Fsp3) is 0.895. The van der Waals surface area contributed by atoms with Gasteiger partial charge >= 0.3 is 7.82 Å². The fourth-order valence-corrected chi connectivity index (χ4v) is 3.64. The van der Waals surface area contributed by atoms with Crippen LogP contribution < -0.4 is 10.6 Å². The number of unbranched alkanes of at least 4 members (excludes halogenated alkanes) is 2. The molecule has 178 valence electrons. The van der Waals surface area contributed by atoms with E-state index in [1.165, 1.54) is 0 Å². The van der Waals surface area contributed by atoms with E-state index in [1.807, 2.05) is 13.8 Å². The maximum absolute atomic E-state index is 12.8. The lowest BCUT2D eigenvalue weighted by atomic mass is 9.87. The Morgan fingerprint density at radius 3 is 2.10 bits per heavy atom. The minimum atomic E-state index is -3.79. The normalized spacial score (nSPS) is 13.1. The first-order chi connectivity index (χ1) is 14.1. The molecule has 3 N–H and O–H groups in total. The van der Waals surface area contributed by atoms with Crippen LogP contribution in [0.3, 0.4) is 0 Å². The van der Waals surface area contributed by atoms with Gasteiger partial charge in [0.1, 0.15) is 6.10 Å². The van der Waals surface area contributed by atoms with Crippen molar-refractivity contribution in [3.8, 4) is 0 Å².